The Bertz CT molecular complexity index is 493. The van der Waals surface area contributed by atoms with Gasteiger partial charge in [0.1, 0.15) is 11.6 Å². The van der Waals surface area contributed by atoms with Crippen LogP contribution in [0.3, 0.4) is 0 Å². The normalized spacial score (nSPS) is 15.4. The lowest BCUT2D eigenvalue weighted by atomic mass is 10.3. The molecule has 6 heteroatoms. The van der Waals surface area contributed by atoms with Crippen molar-refractivity contribution in [1.82, 2.24) is 10.2 Å². The lowest BCUT2D eigenvalue weighted by Gasteiger charge is -2.19. The molecule has 20 heavy (non-hydrogen) atoms. The number of benzene rings is 1. The quantitative estimate of drug-likeness (QED) is 0.893. The molecule has 1 aliphatic heterocycles. The van der Waals surface area contributed by atoms with Gasteiger partial charge in [0.15, 0.2) is 0 Å². The molecule has 0 aliphatic carbocycles. The van der Waals surface area contributed by atoms with Crippen LogP contribution < -0.4 is 10.1 Å². The zero-order chi connectivity index (χ0) is 14.4. The van der Waals surface area contributed by atoms with Crippen LogP contribution in [0.15, 0.2) is 24.3 Å². The SMILES string of the molecule is O=C1CCN(C(=O)CCOc2cccc(F)c2)CCN1. The number of halogens is 1. The minimum atomic E-state index is -0.370. The highest BCUT2D eigenvalue weighted by atomic mass is 19.1. The van der Waals surface area contributed by atoms with Crippen molar-refractivity contribution in [2.24, 2.45) is 0 Å². The van der Waals surface area contributed by atoms with E-state index in [0.717, 1.165) is 0 Å². The summed E-state index contributed by atoms with van der Waals surface area (Å²) in [7, 11) is 0. The molecule has 1 aliphatic rings. The van der Waals surface area contributed by atoms with Gasteiger partial charge in [0, 0.05) is 32.1 Å². The van der Waals surface area contributed by atoms with E-state index in [-0.39, 0.29) is 30.7 Å². The van der Waals surface area contributed by atoms with Crippen LogP contribution in [-0.2, 0) is 9.59 Å². The Morgan fingerprint density at radius 2 is 2.25 bits per heavy atom. The summed E-state index contributed by atoms with van der Waals surface area (Å²) in [6.07, 6.45) is 0.543. The molecule has 0 aromatic heterocycles. The van der Waals surface area contributed by atoms with Crippen LogP contribution in [0.5, 0.6) is 5.75 Å². The van der Waals surface area contributed by atoms with Crippen LogP contribution in [-0.4, -0.2) is 43.0 Å². The van der Waals surface area contributed by atoms with E-state index >= 15 is 0 Å². The molecule has 0 spiro atoms. The molecule has 1 N–H and O–H groups in total. The van der Waals surface area contributed by atoms with E-state index in [1.807, 2.05) is 0 Å². The third-order valence-corrected chi connectivity index (χ3v) is 3.05. The monoisotopic (exact) mass is 280 g/mol. The van der Waals surface area contributed by atoms with Gasteiger partial charge in [-0.15, -0.1) is 0 Å². The molecular weight excluding hydrogens is 263 g/mol. The van der Waals surface area contributed by atoms with E-state index in [1.54, 1.807) is 17.0 Å². The number of rotatable bonds is 4. The standard InChI is InChI=1S/C14H17FN2O3/c15-11-2-1-3-12(10-11)20-9-5-14(19)17-7-4-13(18)16-6-8-17/h1-3,10H,4-9H2,(H,16,18). The third kappa shape index (κ3) is 4.22. The van der Waals surface area contributed by atoms with Crippen molar-refractivity contribution < 1.29 is 18.7 Å². The fourth-order valence-electron chi connectivity index (χ4n) is 1.99. The molecule has 2 rings (SSSR count). The molecule has 5 nitrogen and oxygen atoms in total. The first kappa shape index (κ1) is 14.3. The van der Waals surface area contributed by atoms with E-state index in [1.165, 1.54) is 12.1 Å². The zero-order valence-corrected chi connectivity index (χ0v) is 11.1. The highest BCUT2D eigenvalue weighted by Crippen LogP contribution is 2.12. The van der Waals surface area contributed by atoms with E-state index < -0.39 is 0 Å². The van der Waals surface area contributed by atoms with Gasteiger partial charge in [0.05, 0.1) is 13.0 Å². The van der Waals surface area contributed by atoms with Crippen LogP contribution in [0.4, 0.5) is 4.39 Å². The summed E-state index contributed by atoms with van der Waals surface area (Å²) < 4.78 is 18.3. The Morgan fingerprint density at radius 1 is 1.40 bits per heavy atom. The van der Waals surface area contributed by atoms with Crippen molar-refractivity contribution in [2.75, 3.05) is 26.2 Å². The minimum absolute atomic E-state index is 0.0312. The summed E-state index contributed by atoms with van der Waals surface area (Å²) in [6, 6.07) is 5.80. The van der Waals surface area contributed by atoms with Crippen molar-refractivity contribution in [2.45, 2.75) is 12.8 Å². The highest BCUT2D eigenvalue weighted by Gasteiger charge is 2.18. The number of hydrogen-bond acceptors (Lipinski definition) is 3. The molecule has 1 saturated heterocycles. The zero-order valence-electron chi connectivity index (χ0n) is 11.1. The molecule has 1 aromatic carbocycles. The van der Waals surface area contributed by atoms with Crippen molar-refractivity contribution in [3.8, 4) is 5.75 Å². The topological polar surface area (TPSA) is 58.6 Å². The predicted molar refractivity (Wildman–Crippen MR) is 70.7 cm³/mol. The fraction of sp³-hybridized carbons (Fsp3) is 0.429. The second kappa shape index (κ2) is 6.88. The van der Waals surface area contributed by atoms with Crippen molar-refractivity contribution >= 4 is 11.8 Å². The molecular formula is C14H17FN2O3. The maximum absolute atomic E-state index is 12.9. The first-order valence-corrected chi connectivity index (χ1v) is 6.58. The molecule has 2 amide bonds. The number of carbonyl (C=O) groups is 2. The van der Waals surface area contributed by atoms with Gasteiger partial charge in [-0.3, -0.25) is 9.59 Å². The maximum atomic E-state index is 12.9. The predicted octanol–water partition coefficient (Wildman–Crippen LogP) is 0.943. The molecule has 1 fully saturated rings. The number of nitrogens with one attached hydrogen (secondary N) is 1. The summed E-state index contributed by atoms with van der Waals surface area (Å²) in [5.74, 6) is -0.0503. The van der Waals surface area contributed by atoms with Crippen molar-refractivity contribution in [1.29, 1.82) is 0 Å². The minimum Gasteiger partial charge on any atom is -0.493 e. The first-order chi connectivity index (χ1) is 9.65. The number of hydrogen-bond donors (Lipinski definition) is 1. The Labute approximate surface area is 116 Å². The summed E-state index contributed by atoms with van der Waals surface area (Å²) in [5.41, 5.74) is 0. The maximum Gasteiger partial charge on any atom is 0.226 e. The van der Waals surface area contributed by atoms with Crippen LogP contribution in [0.25, 0.3) is 0 Å². The first-order valence-electron chi connectivity index (χ1n) is 6.58. The summed E-state index contributed by atoms with van der Waals surface area (Å²) in [4.78, 5) is 24.8. The summed E-state index contributed by atoms with van der Waals surface area (Å²) >= 11 is 0. The molecule has 0 atom stereocenters. The highest BCUT2D eigenvalue weighted by molar-refractivity contribution is 5.80. The average Bonchev–Trinajstić information content (AvgIpc) is 2.63. The van der Waals surface area contributed by atoms with Gasteiger partial charge in [0.2, 0.25) is 11.8 Å². The van der Waals surface area contributed by atoms with Gasteiger partial charge in [-0.2, -0.15) is 0 Å². The molecule has 0 unspecified atom stereocenters. The van der Waals surface area contributed by atoms with E-state index in [4.69, 9.17) is 4.74 Å². The summed E-state index contributed by atoms with van der Waals surface area (Å²) in [6.45, 7) is 1.63. The smallest absolute Gasteiger partial charge is 0.226 e. The molecule has 1 aromatic rings. The number of nitrogens with zero attached hydrogens (tertiary/aromatic N) is 1. The number of ether oxygens (including phenoxy) is 1. The average molecular weight is 280 g/mol. The lowest BCUT2D eigenvalue weighted by molar-refractivity contribution is -0.131. The van der Waals surface area contributed by atoms with Gasteiger partial charge in [-0.25, -0.2) is 4.39 Å². The second-order valence-electron chi connectivity index (χ2n) is 4.54. The lowest BCUT2D eigenvalue weighted by Crippen LogP contribution is -2.34. The van der Waals surface area contributed by atoms with Gasteiger partial charge in [-0.05, 0) is 12.1 Å². The Morgan fingerprint density at radius 3 is 3.05 bits per heavy atom. The third-order valence-electron chi connectivity index (χ3n) is 3.05. The molecule has 1 heterocycles. The van der Waals surface area contributed by atoms with E-state index in [9.17, 15) is 14.0 Å². The van der Waals surface area contributed by atoms with Crippen LogP contribution in [0.1, 0.15) is 12.8 Å². The summed E-state index contributed by atoms with van der Waals surface area (Å²) in [5, 5.41) is 2.71. The van der Waals surface area contributed by atoms with Crippen molar-refractivity contribution in [3.05, 3.63) is 30.1 Å². The molecule has 0 radical (unpaired) electrons. The molecule has 0 saturated carbocycles. The van der Waals surface area contributed by atoms with Crippen LogP contribution in [0, 0.1) is 5.82 Å². The Kier molecular flexibility index (Phi) is 4.92. The largest absolute Gasteiger partial charge is 0.493 e. The Balaban J connectivity index is 1.76. The molecule has 108 valence electrons. The second-order valence-corrected chi connectivity index (χ2v) is 4.54. The molecule has 0 bridgehead atoms. The van der Waals surface area contributed by atoms with Crippen molar-refractivity contribution in [3.63, 3.8) is 0 Å². The van der Waals surface area contributed by atoms with Crippen LogP contribution in [0.2, 0.25) is 0 Å². The fourth-order valence-corrected chi connectivity index (χ4v) is 1.99. The van der Waals surface area contributed by atoms with Gasteiger partial charge in [-0.1, -0.05) is 6.07 Å². The Hall–Kier alpha value is -2.11. The van der Waals surface area contributed by atoms with E-state index in [2.05, 4.69) is 5.32 Å². The number of carbonyl (C=O) groups excluding carboxylic acids is 2. The van der Waals surface area contributed by atoms with Gasteiger partial charge < -0.3 is 15.0 Å². The number of amides is 2. The van der Waals surface area contributed by atoms with Crippen LogP contribution >= 0.6 is 0 Å². The van der Waals surface area contributed by atoms with Gasteiger partial charge >= 0.3 is 0 Å². The van der Waals surface area contributed by atoms with E-state index in [0.29, 0.717) is 31.8 Å². The van der Waals surface area contributed by atoms with Gasteiger partial charge in [0.25, 0.3) is 0 Å².